The third kappa shape index (κ3) is 6.67. The number of rotatable bonds is 7. The highest BCUT2D eigenvalue weighted by atomic mass is 35.5. The first-order chi connectivity index (χ1) is 12.4. The second kappa shape index (κ2) is 9.56. The molecule has 0 aliphatic carbocycles. The molecule has 0 aromatic heterocycles. The van der Waals surface area contributed by atoms with Crippen LogP contribution in [0.2, 0.25) is 5.02 Å². The van der Waals surface area contributed by atoms with Crippen molar-refractivity contribution in [2.45, 2.75) is 18.8 Å². The number of nitrogens with zero attached hydrogens (tertiary/aromatic N) is 1. The van der Waals surface area contributed by atoms with Gasteiger partial charge in [-0.05, 0) is 35.9 Å². The molecule has 8 heteroatoms. The van der Waals surface area contributed by atoms with Gasteiger partial charge in [-0.3, -0.25) is 4.99 Å². The lowest BCUT2D eigenvalue weighted by Gasteiger charge is -2.12. The average molecular weight is 395 g/mol. The molecular formula is C18H23ClN4O2S. The van der Waals surface area contributed by atoms with Crippen molar-refractivity contribution in [1.82, 2.24) is 15.4 Å². The average Bonchev–Trinajstić information content (AvgIpc) is 2.63. The molecule has 140 valence electrons. The number of sulfonamides is 1. The summed E-state index contributed by atoms with van der Waals surface area (Å²) >= 11 is 5.98. The van der Waals surface area contributed by atoms with Crippen LogP contribution in [0.1, 0.15) is 16.7 Å². The first-order valence-electron chi connectivity index (χ1n) is 8.10. The van der Waals surface area contributed by atoms with Crippen molar-refractivity contribution < 1.29 is 8.42 Å². The minimum atomic E-state index is -3.26. The molecule has 0 unspecified atom stereocenters. The smallest absolute Gasteiger partial charge is 0.215 e. The number of benzene rings is 2. The SMILES string of the molecule is CN=C(NCc1ccc(CS(=O)(=O)NC)cc1)NCc1cccc(Cl)c1. The highest BCUT2D eigenvalue weighted by Gasteiger charge is 2.08. The quantitative estimate of drug-likeness (QED) is 0.497. The fourth-order valence-electron chi connectivity index (χ4n) is 2.28. The van der Waals surface area contributed by atoms with Gasteiger partial charge in [0.05, 0.1) is 5.75 Å². The van der Waals surface area contributed by atoms with E-state index in [4.69, 9.17) is 11.6 Å². The molecule has 0 radical (unpaired) electrons. The van der Waals surface area contributed by atoms with Crippen LogP contribution in [-0.2, 0) is 28.9 Å². The maximum Gasteiger partial charge on any atom is 0.215 e. The van der Waals surface area contributed by atoms with Gasteiger partial charge in [0.15, 0.2) is 5.96 Å². The molecule has 2 aromatic carbocycles. The molecule has 26 heavy (non-hydrogen) atoms. The Morgan fingerprint density at radius 3 is 2.19 bits per heavy atom. The zero-order chi connectivity index (χ0) is 19.0. The van der Waals surface area contributed by atoms with Gasteiger partial charge in [0.25, 0.3) is 0 Å². The van der Waals surface area contributed by atoms with Crippen LogP contribution in [0.4, 0.5) is 0 Å². The summed E-state index contributed by atoms with van der Waals surface area (Å²) in [5, 5.41) is 7.15. The number of aliphatic imine (C=N–C) groups is 1. The molecule has 0 atom stereocenters. The Morgan fingerprint density at radius 2 is 1.62 bits per heavy atom. The molecule has 6 nitrogen and oxygen atoms in total. The highest BCUT2D eigenvalue weighted by Crippen LogP contribution is 2.10. The van der Waals surface area contributed by atoms with Gasteiger partial charge >= 0.3 is 0 Å². The predicted molar refractivity (Wildman–Crippen MR) is 107 cm³/mol. The van der Waals surface area contributed by atoms with E-state index in [9.17, 15) is 8.42 Å². The zero-order valence-corrected chi connectivity index (χ0v) is 16.4. The Kier molecular flexibility index (Phi) is 7.44. The topological polar surface area (TPSA) is 82.6 Å². The Bertz CT molecular complexity index is 852. The molecule has 0 aliphatic rings. The zero-order valence-electron chi connectivity index (χ0n) is 14.8. The van der Waals surface area contributed by atoms with Gasteiger partial charge in [0.2, 0.25) is 10.0 Å². The van der Waals surface area contributed by atoms with Crippen molar-refractivity contribution in [3.63, 3.8) is 0 Å². The molecule has 3 N–H and O–H groups in total. The van der Waals surface area contributed by atoms with Crippen molar-refractivity contribution in [3.8, 4) is 0 Å². The molecule has 0 heterocycles. The standard InChI is InChI=1S/C18H23ClN4O2S/c1-20-18(23-12-16-4-3-5-17(19)10-16)22-11-14-6-8-15(9-7-14)13-26(24,25)21-2/h3-10,21H,11-13H2,1-2H3,(H2,20,22,23). The van der Waals surface area contributed by atoms with Gasteiger partial charge in [-0.2, -0.15) is 0 Å². The number of hydrogen-bond donors (Lipinski definition) is 3. The minimum Gasteiger partial charge on any atom is -0.352 e. The normalized spacial score (nSPS) is 12.0. The number of halogens is 1. The summed E-state index contributed by atoms with van der Waals surface area (Å²) in [4.78, 5) is 4.19. The summed E-state index contributed by atoms with van der Waals surface area (Å²) in [5.74, 6) is 0.645. The van der Waals surface area contributed by atoms with Crippen LogP contribution in [0.3, 0.4) is 0 Å². The fraction of sp³-hybridized carbons (Fsp3) is 0.278. The van der Waals surface area contributed by atoms with E-state index < -0.39 is 10.0 Å². The molecule has 0 saturated carbocycles. The number of nitrogens with one attached hydrogen (secondary N) is 3. The molecule has 0 bridgehead atoms. The second-order valence-corrected chi connectivity index (χ2v) is 8.05. The van der Waals surface area contributed by atoms with Crippen molar-refractivity contribution in [3.05, 3.63) is 70.2 Å². The van der Waals surface area contributed by atoms with Crippen molar-refractivity contribution in [2.75, 3.05) is 14.1 Å². The van der Waals surface area contributed by atoms with Crippen LogP contribution in [-0.4, -0.2) is 28.5 Å². The Labute approximate surface area is 159 Å². The van der Waals surface area contributed by atoms with Crippen LogP contribution in [0.25, 0.3) is 0 Å². The third-order valence-electron chi connectivity index (χ3n) is 3.72. The van der Waals surface area contributed by atoms with Crippen LogP contribution < -0.4 is 15.4 Å². The molecule has 2 rings (SSSR count). The molecule has 0 aliphatic heterocycles. The summed E-state index contributed by atoms with van der Waals surface area (Å²) in [6, 6.07) is 15.1. The van der Waals surface area contributed by atoms with Crippen molar-refractivity contribution in [2.24, 2.45) is 4.99 Å². The van der Waals surface area contributed by atoms with Gasteiger partial charge in [0, 0.05) is 25.2 Å². The minimum absolute atomic E-state index is 0.0277. The van der Waals surface area contributed by atoms with Gasteiger partial charge in [-0.1, -0.05) is 48.0 Å². The van der Waals surface area contributed by atoms with E-state index in [1.54, 1.807) is 7.05 Å². The molecule has 0 amide bonds. The first kappa shape index (κ1) is 20.2. The predicted octanol–water partition coefficient (Wildman–Crippen LogP) is 2.25. The molecule has 0 spiro atoms. The number of hydrogen-bond acceptors (Lipinski definition) is 3. The van der Waals surface area contributed by atoms with Crippen LogP contribution in [0.5, 0.6) is 0 Å². The monoisotopic (exact) mass is 394 g/mol. The Hall–Kier alpha value is -2.09. The van der Waals surface area contributed by atoms with Crippen molar-refractivity contribution in [1.29, 1.82) is 0 Å². The fourth-order valence-corrected chi connectivity index (χ4v) is 3.27. The molecule has 2 aromatic rings. The van der Waals surface area contributed by atoms with Gasteiger partial charge in [-0.15, -0.1) is 0 Å². The summed E-state index contributed by atoms with van der Waals surface area (Å²) in [7, 11) is -0.136. The van der Waals surface area contributed by atoms with E-state index in [1.165, 1.54) is 7.05 Å². The molecule has 0 saturated heterocycles. The lowest BCUT2D eigenvalue weighted by Crippen LogP contribution is -2.36. The Morgan fingerprint density at radius 1 is 1.00 bits per heavy atom. The molecule has 0 fully saturated rings. The third-order valence-corrected chi connectivity index (χ3v) is 5.29. The molecular weight excluding hydrogens is 372 g/mol. The van der Waals surface area contributed by atoms with E-state index >= 15 is 0 Å². The lowest BCUT2D eigenvalue weighted by atomic mass is 10.1. The van der Waals surface area contributed by atoms with E-state index in [1.807, 2.05) is 48.5 Å². The number of guanidine groups is 1. The highest BCUT2D eigenvalue weighted by molar-refractivity contribution is 7.88. The van der Waals surface area contributed by atoms with Crippen LogP contribution >= 0.6 is 11.6 Å². The maximum atomic E-state index is 11.6. The summed E-state index contributed by atoms with van der Waals surface area (Å²) < 4.78 is 25.4. The first-order valence-corrected chi connectivity index (χ1v) is 10.1. The van der Waals surface area contributed by atoms with E-state index in [0.29, 0.717) is 24.1 Å². The largest absolute Gasteiger partial charge is 0.352 e. The van der Waals surface area contributed by atoms with Crippen molar-refractivity contribution >= 4 is 27.6 Å². The van der Waals surface area contributed by atoms with E-state index in [2.05, 4.69) is 20.3 Å². The second-order valence-electron chi connectivity index (χ2n) is 5.69. The summed E-state index contributed by atoms with van der Waals surface area (Å²) in [5.41, 5.74) is 2.84. The van der Waals surface area contributed by atoms with Crippen LogP contribution in [0.15, 0.2) is 53.5 Å². The Balaban J connectivity index is 1.86. The van der Waals surface area contributed by atoms with Crippen LogP contribution in [0, 0.1) is 0 Å². The summed E-state index contributed by atoms with van der Waals surface area (Å²) in [6.07, 6.45) is 0. The maximum absolute atomic E-state index is 11.6. The van der Waals surface area contributed by atoms with Gasteiger partial charge in [-0.25, -0.2) is 13.1 Å². The van der Waals surface area contributed by atoms with E-state index in [-0.39, 0.29) is 5.75 Å². The van der Waals surface area contributed by atoms with E-state index in [0.717, 1.165) is 16.7 Å². The summed E-state index contributed by atoms with van der Waals surface area (Å²) in [6.45, 7) is 1.19. The van der Waals surface area contributed by atoms with Gasteiger partial charge in [0.1, 0.15) is 0 Å². The van der Waals surface area contributed by atoms with Gasteiger partial charge < -0.3 is 10.6 Å². The lowest BCUT2D eigenvalue weighted by molar-refractivity contribution is 0.587.